The number of aromatic nitrogens is 4. The van der Waals surface area contributed by atoms with Crippen LogP contribution in [0.5, 0.6) is 5.75 Å². The first-order valence-corrected chi connectivity index (χ1v) is 10.6. The molecule has 5 rings (SSSR count). The van der Waals surface area contributed by atoms with Gasteiger partial charge in [0.05, 0.1) is 5.69 Å². The number of phenolic OH excluding ortho intramolecular Hbond substituents is 1. The zero-order chi connectivity index (χ0) is 22.3. The average molecular weight is 616 g/mol. The first kappa shape index (κ1) is 22.9. The molecule has 0 bridgehead atoms. The van der Waals surface area contributed by atoms with E-state index in [9.17, 15) is 5.11 Å². The van der Waals surface area contributed by atoms with Crippen molar-refractivity contribution in [3.05, 3.63) is 97.0 Å². The molecule has 5 aromatic rings. The van der Waals surface area contributed by atoms with E-state index in [1.807, 2.05) is 69.8 Å². The quantitative estimate of drug-likeness (QED) is 0.225. The summed E-state index contributed by atoms with van der Waals surface area (Å²) >= 11 is 0. The number of pyridine rings is 2. The van der Waals surface area contributed by atoms with Crippen LogP contribution in [0.25, 0.3) is 33.9 Å². The Morgan fingerprint density at radius 3 is 2.33 bits per heavy atom. The minimum absolute atomic E-state index is 0. The molecule has 0 atom stereocenters. The Morgan fingerprint density at radius 1 is 0.879 bits per heavy atom. The minimum atomic E-state index is -0.0716. The van der Waals surface area contributed by atoms with Crippen LogP contribution in [0.1, 0.15) is 26.3 Å². The van der Waals surface area contributed by atoms with E-state index < -0.39 is 0 Å². The Labute approximate surface area is 207 Å². The molecule has 0 fully saturated rings. The van der Waals surface area contributed by atoms with Gasteiger partial charge in [-0.1, -0.05) is 69.3 Å². The van der Waals surface area contributed by atoms with Gasteiger partial charge in [-0.25, -0.2) is 0 Å². The van der Waals surface area contributed by atoms with Gasteiger partial charge in [0.25, 0.3) is 0 Å². The van der Waals surface area contributed by atoms with Crippen molar-refractivity contribution in [1.82, 2.24) is 14.5 Å². The summed E-state index contributed by atoms with van der Waals surface area (Å²) in [7, 11) is 0. The molecule has 6 heteroatoms. The largest absolute Gasteiger partial charge is 0.512 e. The van der Waals surface area contributed by atoms with Crippen LogP contribution >= 0.6 is 0 Å². The summed E-state index contributed by atoms with van der Waals surface area (Å²) in [6.07, 6.45) is 5.19. The molecule has 5 nitrogen and oxygen atoms in total. The first-order chi connectivity index (χ1) is 15.4. The minimum Gasteiger partial charge on any atom is -0.512 e. The Kier molecular flexibility index (Phi) is 6.18. The van der Waals surface area contributed by atoms with E-state index in [4.69, 9.17) is 4.98 Å². The van der Waals surface area contributed by atoms with E-state index in [1.54, 1.807) is 12.3 Å². The number of fused-ring (bicyclic) bond motifs is 1. The molecule has 3 heterocycles. The SMILES string of the molecule is CC(C)(C)c1cc(-c2ccccn2)nc(-[n+]2[c-]n(-c3ccccc3O)c3ccccc32)c1.[Pt]. The van der Waals surface area contributed by atoms with Crippen molar-refractivity contribution < 1.29 is 30.7 Å². The number of para-hydroxylation sites is 4. The van der Waals surface area contributed by atoms with Gasteiger partial charge in [-0.15, -0.1) is 4.98 Å². The van der Waals surface area contributed by atoms with Gasteiger partial charge in [0.1, 0.15) is 11.4 Å². The van der Waals surface area contributed by atoms with Crippen LogP contribution in [0.15, 0.2) is 85.1 Å². The summed E-state index contributed by atoms with van der Waals surface area (Å²) in [5.74, 6) is 0.950. The van der Waals surface area contributed by atoms with Gasteiger partial charge in [0.2, 0.25) is 5.82 Å². The van der Waals surface area contributed by atoms with Crippen molar-refractivity contribution in [2.24, 2.45) is 0 Å². The van der Waals surface area contributed by atoms with Gasteiger partial charge in [0, 0.05) is 38.3 Å². The molecule has 0 unspecified atom stereocenters. The number of nitrogens with zero attached hydrogens (tertiary/aromatic N) is 4. The van der Waals surface area contributed by atoms with Gasteiger partial charge in [0.15, 0.2) is 12.0 Å². The van der Waals surface area contributed by atoms with Crippen LogP contribution in [0.4, 0.5) is 0 Å². The fraction of sp³-hybridized carbons (Fsp3) is 0.148. The third kappa shape index (κ3) is 4.33. The summed E-state index contributed by atoms with van der Waals surface area (Å²) in [6, 6.07) is 25.3. The Morgan fingerprint density at radius 2 is 1.61 bits per heavy atom. The molecule has 0 saturated heterocycles. The molecule has 2 aromatic carbocycles. The van der Waals surface area contributed by atoms with E-state index in [-0.39, 0.29) is 32.2 Å². The third-order valence-electron chi connectivity index (χ3n) is 5.52. The van der Waals surface area contributed by atoms with E-state index in [1.165, 1.54) is 0 Å². The molecule has 0 radical (unpaired) electrons. The van der Waals surface area contributed by atoms with Gasteiger partial charge >= 0.3 is 0 Å². The summed E-state index contributed by atoms with van der Waals surface area (Å²) in [6.45, 7) is 6.57. The number of phenols is 1. The predicted molar refractivity (Wildman–Crippen MR) is 125 cm³/mol. The number of aromatic hydroxyl groups is 1. The van der Waals surface area contributed by atoms with Gasteiger partial charge in [-0.2, -0.15) is 0 Å². The number of benzene rings is 2. The number of imidazole rings is 1. The Hall–Kier alpha value is -3.30. The van der Waals surface area contributed by atoms with Crippen molar-refractivity contribution in [1.29, 1.82) is 0 Å². The topological polar surface area (TPSA) is 54.8 Å². The Bertz CT molecular complexity index is 1420. The molecular weight excluding hydrogens is 591 g/mol. The van der Waals surface area contributed by atoms with Crippen LogP contribution in [-0.4, -0.2) is 19.6 Å². The standard InChI is InChI=1S/C27H24N4O.Pt/c1-27(2,3)19-16-21(20-10-8-9-15-28-20)29-26(17-19)31-18-30(22-11-4-5-12-23(22)31)24-13-6-7-14-25(24)32;/h4-17,32H,1-3H3;. The number of hydrogen-bond acceptors (Lipinski definition) is 3. The monoisotopic (exact) mass is 615 g/mol. The smallest absolute Gasteiger partial charge is 0.203 e. The van der Waals surface area contributed by atoms with Crippen molar-refractivity contribution in [2.45, 2.75) is 26.2 Å². The Balaban J connectivity index is 0.00000259. The fourth-order valence-electron chi connectivity index (χ4n) is 3.77. The maximum Gasteiger partial charge on any atom is 0.203 e. The van der Waals surface area contributed by atoms with Crippen molar-refractivity contribution >= 4 is 11.0 Å². The molecule has 3 aromatic heterocycles. The van der Waals surface area contributed by atoms with Crippen molar-refractivity contribution in [3.8, 4) is 28.6 Å². The zero-order valence-electron chi connectivity index (χ0n) is 18.6. The summed E-state index contributed by atoms with van der Waals surface area (Å²) in [5, 5.41) is 10.5. The fourth-order valence-corrected chi connectivity index (χ4v) is 3.77. The van der Waals surface area contributed by atoms with Crippen LogP contribution in [-0.2, 0) is 26.5 Å². The second kappa shape index (κ2) is 8.91. The maximum absolute atomic E-state index is 10.5. The molecule has 0 amide bonds. The zero-order valence-corrected chi connectivity index (χ0v) is 20.9. The molecule has 0 aliphatic carbocycles. The first-order valence-electron chi connectivity index (χ1n) is 10.6. The molecule has 0 aliphatic heterocycles. The van der Waals surface area contributed by atoms with Gasteiger partial charge in [-0.3, -0.25) is 9.55 Å². The molecule has 0 saturated carbocycles. The molecule has 33 heavy (non-hydrogen) atoms. The summed E-state index contributed by atoms with van der Waals surface area (Å²) in [5.41, 5.74) is 5.26. The van der Waals surface area contributed by atoms with Crippen molar-refractivity contribution in [3.63, 3.8) is 0 Å². The van der Waals surface area contributed by atoms with Gasteiger partial charge < -0.3 is 9.67 Å². The van der Waals surface area contributed by atoms with Gasteiger partial charge in [-0.05, 0) is 41.3 Å². The average Bonchev–Trinajstić information content (AvgIpc) is 3.19. The molecule has 0 aliphatic rings. The maximum atomic E-state index is 10.5. The third-order valence-corrected chi connectivity index (χ3v) is 5.52. The van der Waals surface area contributed by atoms with Crippen LogP contribution in [0.2, 0.25) is 0 Å². The predicted octanol–water partition coefficient (Wildman–Crippen LogP) is 5.16. The molecule has 168 valence electrons. The van der Waals surface area contributed by atoms with E-state index in [0.29, 0.717) is 5.69 Å². The molecule has 1 N–H and O–H groups in total. The number of hydrogen-bond donors (Lipinski definition) is 1. The van der Waals surface area contributed by atoms with Crippen molar-refractivity contribution in [2.75, 3.05) is 0 Å². The van der Waals surface area contributed by atoms with Crippen LogP contribution in [0, 0.1) is 6.33 Å². The van der Waals surface area contributed by atoms with E-state index in [0.717, 1.165) is 33.8 Å². The summed E-state index contributed by atoms with van der Waals surface area (Å²) < 4.78 is 3.82. The van der Waals surface area contributed by atoms with Crippen LogP contribution < -0.4 is 4.57 Å². The summed E-state index contributed by atoms with van der Waals surface area (Å²) in [4.78, 5) is 9.47. The normalized spacial score (nSPS) is 11.4. The van der Waals surface area contributed by atoms with E-state index >= 15 is 0 Å². The molecular formula is C27H24N4OPt. The molecule has 0 spiro atoms. The van der Waals surface area contributed by atoms with Crippen LogP contribution in [0.3, 0.4) is 0 Å². The number of rotatable bonds is 3. The van der Waals surface area contributed by atoms with E-state index in [2.05, 4.69) is 44.2 Å². The second-order valence-electron chi connectivity index (χ2n) is 8.81. The second-order valence-corrected chi connectivity index (χ2v) is 8.81.